The monoisotopic (exact) mass is 396 g/mol. The fourth-order valence-corrected chi connectivity index (χ4v) is 1.54. The zero-order valence-corrected chi connectivity index (χ0v) is 16.6. The van der Waals surface area contributed by atoms with Crippen molar-refractivity contribution < 1.29 is 18.9 Å². The fraction of sp³-hybridized carbons (Fsp3) is 0.167. The number of hydrogen-bond acceptors (Lipinski definition) is 0. The van der Waals surface area contributed by atoms with E-state index in [0.717, 1.165) is 0 Å². The van der Waals surface area contributed by atoms with E-state index in [0.29, 0.717) is 0 Å². The summed E-state index contributed by atoms with van der Waals surface area (Å²) in [6, 6.07) is 22.9. The van der Waals surface area contributed by atoms with Gasteiger partial charge in [0.2, 0.25) is 0 Å². The molecule has 3 aromatic rings. The van der Waals surface area contributed by atoms with E-state index in [4.69, 9.17) is 17.0 Å². The summed E-state index contributed by atoms with van der Waals surface area (Å²) in [5, 5.41) is 2.66. The molecule has 0 fully saturated rings. The molecule has 21 heavy (non-hydrogen) atoms. The molecule has 0 saturated heterocycles. The molecule has 112 valence electrons. The zero-order chi connectivity index (χ0) is 15.7. The molecule has 0 amide bonds. The second-order valence-corrected chi connectivity index (χ2v) is 14.2. The average Bonchev–Trinajstić information content (AvgIpc) is 3.10. The number of halogens is 2. The van der Waals surface area contributed by atoms with Gasteiger partial charge >= 0.3 is 53.0 Å². The van der Waals surface area contributed by atoms with E-state index in [9.17, 15) is 0 Å². The van der Waals surface area contributed by atoms with Crippen molar-refractivity contribution in [3.05, 3.63) is 72.3 Å². The molecule has 0 nitrogen and oxygen atoms in total. The molecule has 0 aromatic heterocycles. The molecule has 0 unspecified atom stereocenters. The van der Waals surface area contributed by atoms with E-state index in [2.05, 4.69) is 61.5 Å². The third-order valence-electron chi connectivity index (χ3n) is 2.75. The first-order valence-corrected chi connectivity index (χ1v) is 14.3. The van der Waals surface area contributed by atoms with Crippen molar-refractivity contribution >= 4 is 31.0 Å². The molecule has 0 spiro atoms. The van der Waals surface area contributed by atoms with Gasteiger partial charge in [0.25, 0.3) is 0 Å². The minimum Gasteiger partial charge on any atom is -0.211 e. The van der Waals surface area contributed by atoms with Gasteiger partial charge in [-0.05, 0) is 0 Å². The van der Waals surface area contributed by atoms with Crippen LogP contribution in [0, 0.1) is 6.92 Å². The number of rotatable bonds is 0. The Hall–Kier alpha value is -0.487. The predicted molar refractivity (Wildman–Crippen MR) is 94.4 cm³/mol. The van der Waals surface area contributed by atoms with Gasteiger partial charge in [-0.15, -0.1) is 29.7 Å². The van der Waals surface area contributed by atoms with Crippen LogP contribution in [0.1, 0.15) is 19.4 Å². The smallest absolute Gasteiger partial charge is 0.0809 e. The van der Waals surface area contributed by atoms with Crippen LogP contribution >= 0.6 is 17.0 Å². The van der Waals surface area contributed by atoms with Gasteiger partial charge in [0.05, 0.1) is 0 Å². The first-order valence-electron chi connectivity index (χ1n) is 6.78. The summed E-state index contributed by atoms with van der Waals surface area (Å²) in [4.78, 5) is 0. The maximum atomic E-state index is 5.54. The molecule has 0 radical (unpaired) electrons. The van der Waals surface area contributed by atoms with Gasteiger partial charge in [0.15, 0.2) is 0 Å². The van der Waals surface area contributed by atoms with E-state index in [1.54, 1.807) is 0 Å². The van der Waals surface area contributed by atoms with E-state index in [-0.39, 0.29) is 0 Å². The van der Waals surface area contributed by atoms with Gasteiger partial charge < -0.3 is 0 Å². The molecule has 0 N–H and O–H groups in total. The molecular weight excluding hydrogens is 378 g/mol. The SMILES string of the molecule is C[C](C)=[Zr]([Cl])[Cl].Cc1cc[cH-]c1.c1ccc2[cH-]ccc2c1. The number of benzene rings is 1. The Morgan fingerprint density at radius 1 is 1.00 bits per heavy atom. The van der Waals surface area contributed by atoms with E-state index in [1.807, 2.05) is 26.0 Å². The standard InChI is InChI=1S/C9H7.C6H7.C3H6.2ClH.Zr/c1-2-5-9-7-3-6-8(9)4-1;1-6-4-2-3-5-6;1-3-2;;;/h1-7H;2-5H,1H3;1-2H3;2*1H;/q2*-1;;;;+2/p-2. The van der Waals surface area contributed by atoms with Gasteiger partial charge in [-0.25, -0.2) is 11.6 Å². The van der Waals surface area contributed by atoms with Gasteiger partial charge in [-0.1, -0.05) is 13.0 Å². The molecule has 0 saturated carbocycles. The maximum Gasteiger partial charge on any atom is -0.0809 e. The molecule has 3 heteroatoms. The van der Waals surface area contributed by atoms with Crippen LogP contribution in [0.15, 0.2) is 66.7 Å². The molecule has 0 aliphatic heterocycles. The first kappa shape index (κ1) is 18.6. The molecule has 0 bridgehead atoms. The van der Waals surface area contributed by atoms with Gasteiger partial charge in [0.1, 0.15) is 0 Å². The van der Waals surface area contributed by atoms with Crippen LogP contribution in [0.3, 0.4) is 0 Å². The topological polar surface area (TPSA) is 0 Å². The minimum absolute atomic E-state index is 1.24. The summed E-state index contributed by atoms with van der Waals surface area (Å²) in [5.74, 6) is 0. The summed E-state index contributed by atoms with van der Waals surface area (Å²) in [6.45, 7) is 6.05. The van der Waals surface area contributed by atoms with Gasteiger partial charge in [-0.2, -0.15) is 35.7 Å². The molecule has 0 atom stereocenters. The van der Waals surface area contributed by atoms with Gasteiger partial charge in [0, 0.05) is 0 Å². The number of aryl methyl sites for hydroxylation is 1. The van der Waals surface area contributed by atoms with E-state index in [1.165, 1.54) is 19.5 Å². The Labute approximate surface area is 142 Å². The van der Waals surface area contributed by atoms with Crippen molar-refractivity contribution in [2.45, 2.75) is 20.8 Å². The maximum absolute atomic E-state index is 5.54. The number of hydrogen-bond donors (Lipinski definition) is 0. The Balaban J connectivity index is 0.000000164. The summed E-state index contributed by atoms with van der Waals surface area (Å²) in [6.07, 6.45) is 0. The number of fused-ring (bicyclic) bond motifs is 1. The Morgan fingerprint density at radius 2 is 1.67 bits per heavy atom. The summed E-state index contributed by atoms with van der Waals surface area (Å²) in [7, 11) is 11.1. The minimum atomic E-state index is -1.84. The third kappa shape index (κ3) is 7.91. The van der Waals surface area contributed by atoms with E-state index < -0.39 is 18.9 Å². The van der Waals surface area contributed by atoms with Gasteiger partial charge in [-0.3, -0.25) is 0 Å². The zero-order valence-electron chi connectivity index (χ0n) is 12.6. The normalized spacial score (nSPS) is 9.19. The molecule has 0 aliphatic rings. The summed E-state index contributed by atoms with van der Waals surface area (Å²) >= 11 is -1.84. The second kappa shape index (κ2) is 10.3. The second-order valence-electron chi connectivity index (χ2n) is 4.88. The molecule has 3 aromatic carbocycles. The van der Waals surface area contributed by atoms with Crippen molar-refractivity contribution in [3.8, 4) is 0 Å². The van der Waals surface area contributed by atoms with Crippen LogP contribution in [0.25, 0.3) is 10.8 Å². The van der Waals surface area contributed by atoms with Crippen LogP contribution < -0.4 is 0 Å². The van der Waals surface area contributed by atoms with Crippen molar-refractivity contribution in [3.63, 3.8) is 0 Å². The van der Waals surface area contributed by atoms with E-state index >= 15 is 0 Å². The Bertz CT molecular complexity index is 615. The van der Waals surface area contributed by atoms with Crippen molar-refractivity contribution in [2.75, 3.05) is 0 Å². The van der Waals surface area contributed by atoms with Crippen LogP contribution in [-0.4, -0.2) is 3.21 Å². The molecule has 0 aliphatic carbocycles. The van der Waals surface area contributed by atoms with Crippen LogP contribution in [-0.2, 0) is 18.9 Å². The predicted octanol–water partition coefficient (Wildman–Crippen LogP) is 6.40. The molecule has 3 rings (SSSR count). The van der Waals surface area contributed by atoms with Crippen LogP contribution in [0.2, 0.25) is 0 Å². The largest absolute Gasteiger partial charge is 0.211 e. The van der Waals surface area contributed by atoms with Crippen molar-refractivity contribution in [1.29, 1.82) is 0 Å². The Morgan fingerprint density at radius 3 is 2.10 bits per heavy atom. The quantitative estimate of drug-likeness (QED) is 0.385. The average molecular weight is 398 g/mol. The van der Waals surface area contributed by atoms with Crippen molar-refractivity contribution in [2.24, 2.45) is 0 Å². The van der Waals surface area contributed by atoms with Crippen molar-refractivity contribution in [1.82, 2.24) is 0 Å². The molecular formula is C18H20Cl2Zr-2. The van der Waals surface area contributed by atoms with Crippen LogP contribution in [0.4, 0.5) is 0 Å². The molecule has 0 heterocycles. The Kier molecular flexibility index (Phi) is 9.08. The summed E-state index contributed by atoms with van der Waals surface area (Å²) < 4.78 is 1.24. The summed E-state index contributed by atoms with van der Waals surface area (Å²) in [5.41, 5.74) is 1.34. The third-order valence-corrected chi connectivity index (χ3v) is 9.09. The first-order chi connectivity index (χ1) is 10.0. The van der Waals surface area contributed by atoms with Crippen LogP contribution in [0.5, 0.6) is 0 Å². The fourth-order valence-electron chi connectivity index (χ4n) is 1.54.